The van der Waals surface area contributed by atoms with Gasteiger partial charge in [-0.05, 0) is 38.8 Å². The topological polar surface area (TPSA) is 50.3 Å². The minimum Gasteiger partial charge on any atom is -0.378 e. The van der Waals surface area contributed by atoms with Gasteiger partial charge in [0.1, 0.15) is 11.6 Å². The van der Waals surface area contributed by atoms with Crippen LogP contribution in [0, 0.1) is 5.92 Å². The Morgan fingerprint density at radius 1 is 1.22 bits per heavy atom. The summed E-state index contributed by atoms with van der Waals surface area (Å²) in [6.07, 6.45) is -2.64. The second-order valence-electron chi connectivity index (χ2n) is 8.41. The number of anilines is 1. The summed E-state index contributed by atoms with van der Waals surface area (Å²) >= 11 is 0. The molecule has 0 bridgehead atoms. The molecule has 1 aliphatic heterocycles. The highest BCUT2D eigenvalue weighted by molar-refractivity contribution is 5.38. The monoisotopic (exact) mass is 388 g/mol. The van der Waals surface area contributed by atoms with Crippen LogP contribution in [0.3, 0.4) is 0 Å². The van der Waals surface area contributed by atoms with Crippen molar-refractivity contribution in [2.75, 3.05) is 32.1 Å². The molecule has 2 heterocycles. The highest BCUT2D eigenvalue weighted by Crippen LogP contribution is 2.27. The molecule has 0 amide bonds. The molecule has 154 valence electrons. The summed E-state index contributed by atoms with van der Waals surface area (Å²) in [7, 11) is 1.63. The Kier molecular flexibility index (Phi) is 7.08. The summed E-state index contributed by atoms with van der Waals surface area (Å²) in [5.41, 5.74) is 0.624. The minimum atomic E-state index is -4.13. The fourth-order valence-electron chi connectivity index (χ4n) is 3.34. The van der Waals surface area contributed by atoms with Crippen molar-refractivity contribution in [2.24, 2.45) is 5.92 Å². The number of rotatable bonds is 6. The van der Waals surface area contributed by atoms with Gasteiger partial charge in [-0.15, -0.1) is 0 Å². The Bertz CT molecular complexity index is 608. The molecule has 1 aromatic rings. The standard InChI is InChI=1S/C19H31F3N4O/c1-13(14-6-8-26(9-7-14)12-19(20,21)22)23-16-10-15(11-27-5)24-17(25-16)18(2,3)4/h10,13-14H,6-9,11-12H2,1-5H3,(H,23,24,25)/t13-/m0/s1. The molecule has 0 unspecified atom stereocenters. The van der Waals surface area contributed by atoms with Gasteiger partial charge < -0.3 is 10.1 Å². The van der Waals surface area contributed by atoms with E-state index in [9.17, 15) is 13.2 Å². The smallest absolute Gasteiger partial charge is 0.378 e. The maximum atomic E-state index is 12.5. The van der Waals surface area contributed by atoms with Crippen LogP contribution in [-0.2, 0) is 16.8 Å². The number of ether oxygens (including phenoxy) is 1. The number of hydrogen-bond acceptors (Lipinski definition) is 5. The molecule has 5 nitrogen and oxygen atoms in total. The Balaban J connectivity index is 2.01. The molecular weight excluding hydrogens is 357 g/mol. The summed E-state index contributed by atoms with van der Waals surface area (Å²) in [5, 5.41) is 3.44. The summed E-state index contributed by atoms with van der Waals surface area (Å²) in [4.78, 5) is 10.7. The first-order valence-corrected chi connectivity index (χ1v) is 9.41. The van der Waals surface area contributed by atoms with Gasteiger partial charge in [-0.3, -0.25) is 4.90 Å². The third-order valence-corrected chi connectivity index (χ3v) is 4.86. The number of aromatic nitrogens is 2. The highest BCUT2D eigenvalue weighted by atomic mass is 19.4. The number of alkyl halides is 3. The molecular formula is C19H31F3N4O. The van der Waals surface area contributed by atoms with Crippen molar-refractivity contribution in [1.82, 2.24) is 14.9 Å². The molecule has 1 aliphatic rings. The van der Waals surface area contributed by atoms with Crippen LogP contribution < -0.4 is 5.32 Å². The van der Waals surface area contributed by atoms with E-state index in [-0.39, 0.29) is 11.5 Å². The van der Waals surface area contributed by atoms with Crippen LogP contribution in [0.4, 0.5) is 19.0 Å². The van der Waals surface area contributed by atoms with E-state index in [4.69, 9.17) is 4.74 Å². The number of halogens is 3. The molecule has 0 spiro atoms. The maximum absolute atomic E-state index is 12.5. The zero-order chi connectivity index (χ0) is 20.2. The van der Waals surface area contributed by atoms with Gasteiger partial charge in [0.2, 0.25) is 0 Å². The van der Waals surface area contributed by atoms with Crippen LogP contribution in [-0.4, -0.2) is 53.8 Å². The summed E-state index contributed by atoms with van der Waals surface area (Å²) < 4.78 is 42.8. The first kappa shape index (κ1) is 21.9. The number of hydrogen-bond donors (Lipinski definition) is 1. The van der Waals surface area contributed by atoms with Crippen LogP contribution in [0.1, 0.15) is 52.1 Å². The second kappa shape index (κ2) is 8.73. The third kappa shape index (κ3) is 6.92. The molecule has 2 rings (SSSR count). The average Bonchev–Trinajstić information content (AvgIpc) is 2.53. The second-order valence-corrected chi connectivity index (χ2v) is 8.41. The van der Waals surface area contributed by atoms with E-state index in [1.165, 1.54) is 4.90 Å². The highest BCUT2D eigenvalue weighted by Gasteiger charge is 2.33. The molecule has 1 saturated heterocycles. The number of nitrogens with zero attached hydrogens (tertiary/aromatic N) is 3. The molecule has 0 radical (unpaired) electrons. The minimum absolute atomic E-state index is 0.121. The average molecular weight is 388 g/mol. The molecule has 27 heavy (non-hydrogen) atoms. The van der Waals surface area contributed by atoms with Gasteiger partial charge >= 0.3 is 6.18 Å². The van der Waals surface area contributed by atoms with E-state index in [1.807, 2.05) is 6.07 Å². The van der Waals surface area contributed by atoms with Crippen molar-refractivity contribution in [3.8, 4) is 0 Å². The maximum Gasteiger partial charge on any atom is 0.401 e. The van der Waals surface area contributed by atoms with Crippen molar-refractivity contribution < 1.29 is 17.9 Å². The van der Waals surface area contributed by atoms with E-state index in [2.05, 4.69) is 43.0 Å². The lowest BCUT2D eigenvalue weighted by Crippen LogP contribution is -2.43. The van der Waals surface area contributed by atoms with Gasteiger partial charge in [0.15, 0.2) is 0 Å². The molecule has 1 aromatic heterocycles. The molecule has 8 heteroatoms. The first-order chi connectivity index (χ1) is 12.5. The number of nitrogens with one attached hydrogen (secondary N) is 1. The lowest BCUT2D eigenvalue weighted by atomic mass is 9.90. The molecule has 0 aliphatic carbocycles. The van der Waals surface area contributed by atoms with E-state index >= 15 is 0 Å². The Labute approximate surface area is 159 Å². The predicted molar refractivity (Wildman–Crippen MR) is 99.7 cm³/mol. The molecule has 1 fully saturated rings. The summed E-state index contributed by atoms with van der Waals surface area (Å²) in [6, 6.07) is 2.00. The van der Waals surface area contributed by atoms with Crippen LogP contribution in [0.2, 0.25) is 0 Å². The molecule has 1 N–H and O–H groups in total. The van der Waals surface area contributed by atoms with Gasteiger partial charge in [0.05, 0.1) is 18.8 Å². The summed E-state index contributed by atoms with van der Waals surface area (Å²) in [5.74, 6) is 1.80. The van der Waals surface area contributed by atoms with Gasteiger partial charge in [0, 0.05) is 24.6 Å². The third-order valence-electron chi connectivity index (χ3n) is 4.86. The molecule has 1 atom stereocenters. The SMILES string of the molecule is COCc1cc(N[C@@H](C)C2CCN(CC(F)(F)F)CC2)nc(C(C)(C)C)n1. The number of likely N-dealkylation sites (tertiary alicyclic amines) is 1. The largest absolute Gasteiger partial charge is 0.401 e. The van der Waals surface area contributed by atoms with Gasteiger partial charge in [-0.1, -0.05) is 20.8 Å². The predicted octanol–water partition coefficient (Wildman–Crippen LogP) is 4.00. The van der Waals surface area contributed by atoms with Gasteiger partial charge in [0.25, 0.3) is 0 Å². The van der Waals surface area contributed by atoms with Crippen molar-refractivity contribution in [1.29, 1.82) is 0 Å². The molecule has 0 saturated carbocycles. The first-order valence-electron chi connectivity index (χ1n) is 9.41. The van der Waals surface area contributed by atoms with Crippen LogP contribution in [0.15, 0.2) is 6.07 Å². The van der Waals surface area contributed by atoms with Crippen molar-refractivity contribution in [2.45, 2.75) is 64.8 Å². The fraction of sp³-hybridized carbons (Fsp3) is 0.789. The fourth-order valence-corrected chi connectivity index (χ4v) is 3.34. The lowest BCUT2D eigenvalue weighted by molar-refractivity contribution is -0.148. The van der Waals surface area contributed by atoms with Crippen LogP contribution >= 0.6 is 0 Å². The van der Waals surface area contributed by atoms with E-state index in [1.54, 1.807) is 7.11 Å². The van der Waals surface area contributed by atoms with Crippen molar-refractivity contribution >= 4 is 5.82 Å². The quantitative estimate of drug-likeness (QED) is 0.798. The van der Waals surface area contributed by atoms with Crippen molar-refractivity contribution in [3.05, 3.63) is 17.6 Å². The molecule has 0 aromatic carbocycles. The van der Waals surface area contributed by atoms with Crippen molar-refractivity contribution in [3.63, 3.8) is 0 Å². The van der Waals surface area contributed by atoms with Gasteiger partial charge in [-0.2, -0.15) is 13.2 Å². The number of piperidine rings is 1. The Morgan fingerprint density at radius 2 is 1.85 bits per heavy atom. The zero-order valence-electron chi connectivity index (χ0n) is 16.9. The van der Waals surface area contributed by atoms with Gasteiger partial charge in [-0.25, -0.2) is 9.97 Å². The van der Waals surface area contributed by atoms with Crippen LogP contribution in [0.25, 0.3) is 0 Å². The Hall–Kier alpha value is -1.41. The lowest BCUT2D eigenvalue weighted by Gasteiger charge is -2.35. The number of methoxy groups -OCH3 is 1. The normalized spacial score (nSPS) is 18.5. The van der Waals surface area contributed by atoms with Crippen LogP contribution in [0.5, 0.6) is 0 Å². The summed E-state index contributed by atoms with van der Waals surface area (Å²) in [6.45, 7) is 8.78. The van der Waals surface area contributed by atoms with E-state index in [0.717, 1.165) is 30.2 Å². The Morgan fingerprint density at radius 3 is 2.37 bits per heavy atom. The zero-order valence-corrected chi connectivity index (χ0v) is 16.9. The van der Waals surface area contributed by atoms with E-state index in [0.29, 0.717) is 25.6 Å². The van der Waals surface area contributed by atoms with E-state index < -0.39 is 12.7 Å².